The van der Waals surface area contributed by atoms with E-state index >= 15 is 0 Å². The molecule has 2 aromatic heterocycles. The Morgan fingerprint density at radius 1 is 1.22 bits per heavy atom. The molecule has 0 bridgehead atoms. The normalized spacial score (nSPS) is 18.7. The largest absolute Gasteiger partial charge is 0.444 e. The summed E-state index contributed by atoms with van der Waals surface area (Å²) in [6, 6.07) is 12.5. The zero-order valence-electron chi connectivity index (χ0n) is 17.8. The first-order valence-electron chi connectivity index (χ1n) is 9.97. The smallest absolute Gasteiger partial charge is 0.413 e. The van der Waals surface area contributed by atoms with E-state index in [0.717, 1.165) is 14.4 Å². The molecule has 1 saturated heterocycles. The molecule has 8 nitrogen and oxygen atoms in total. The molecule has 0 radical (unpaired) electrons. The van der Waals surface area contributed by atoms with Gasteiger partial charge in [0.1, 0.15) is 17.3 Å². The Bertz CT molecular complexity index is 1140. The van der Waals surface area contributed by atoms with Gasteiger partial charge in [0.15, 0.2) is 6.23 Å². The summed E-state index contributed by atoms with van der Waals surface area (Å²) in [6.45, 7) is 5.26. The van der Waals surface area contributed by atoms with Gasteiger partial charge < -0.3 is 15.2 Å². The van der Waals surface area contributed by atoms with Crippen LogP contribution in [-0.2, 0) is 14.3 Å². The van der Waals surface area contributed by atoms with E-state index < -0.39 is 29.9 Å². The zero-order valence-corrected chi connectivity index (χ0v) is 20.2. The van der Waals surface area contributed by atoms with Gasteiger partial charge in [-0.05, 0) is 61.0 Å². The Balaban J connectivity index is 1.81. The van der Waals surface area contributed by atoms with Crippen molar-refractivity contribution in [1.29, 1.82) is 0 Å². The van der Waals surface area contributed by atoms with E-state index in [2.05, 4.69) is 15.9 Å². The third kappa shape index (κ3) is 4.57. The van der Waals surface area contributed by atoms with Crippen LogP contribution in [0, 0.1) is 0 Å². The average Bonchev–Trinajstić information content (AvgIpc) is 3.44. The number of carbonyl (C=O) groups is 2. The first-order valence-corrected chi connectivity index (χ1v) is 11.6. The van der Waals surface area contributed by atoms with Crippen LogP contribution < -0.4 is 5.73 Å². The molecular weight excluding hydrogens is 496 g/mol. The Morgan fingerprint density at radius 2 is 1.94 bits per heavy atom. The second-order valence-electron chi connectivity index (χ2n) is 8.31. The van der Waals surface area contributed by atoms with E-state index in [1.807, 2.05) is 48.7 Å². The van der Waals surface area contributed by atoms with Crippen LogP contribution >= 0.6 is 27.3 Å². The van der Waals surface area contributed by atoms with Crippen molar-refractivity contribution in [2.75, 3.05) is 6.61 Å². The molecule has 1 fully saturated rings. The van der Waals surface area contributed by atoms with Gasteiger partial charge in [0.25, 0.3) is 0 Å². The molecule has 1 aliphatic rings. The first kappa shape index (κ1) is 22.5. The lowest BCUT2D eigenvalue weighted by Gasteiger charge is -2.29. The van der Waals surface area contributed by atoms with Crippen molar-refractivity contribution in [3.05, 3.63) is 58.0 Å². The molecule has 10 heteroatoms. The number of thiophene rings is 1. The summed E-state index contributed by atoms with van der Waals surface area (Å²) in [5.74, 6) is -0.658. The number of nitrogens with zero attached hydrogens (tertiary/aromatic N) is 3. The molecule has 0 saturated carbocycles. The number of halogens is 1. The Hall–Kier alpha value is -2.69. The fourth-order valence-corrected chi connectivity index (χ4v) is 4.81. The van der Waals surface area contributed by atoms with Gasteiger partial charge in [0, 0.05) is 11.8 Å². The number of para-hydroxylation sites is 1. The Morgan fingerprint density at radius 3 is 2.53 bits per heavy atom. The van der Waals surface area contributed by atoms with Gasteiger partial charge in [-0.1, -0.05) is 18.2 Å². The van der Waals surface area contributed by atoms with Crippen LogP contribution in [0.1, 0.15) is 32.6 Å². The lowest BCUT2D eigenvalue weighted by atomic mass is 10.1. The van der Waals surface area contributed by atoms with E-state index in [-0.39, 0.29) is 6.61 Å². The van der Waals surface area contributed by atoms with Gasteiger partial charge in [0.2, 0.25) is 5.91 Å². The van der Waals surface area contributed by atoms with Crippen molar-refractivity contribution >= 4 is 39.3 Å². The average molecular weight is 519 g/mol. The molecule has 168 valence electrons. The van der Waals surface area contributed by atoms with Crippen molar-refractivity contribution in [1.82, 2.24) is 14.7 Å². The fourth-order valence-electron chi connectivity index (χ4n) is 3.42. The van der Waals surface area contributed by atoms with E-state index in [4.69, 9.17) is 20.3 Å². The van der Waals surface area contributed by atoms with Crippen molar-refractivity contribution < 1.29 is 19.1 Å². The maximum Gasteiger partial charge on any atom is 0.413 e. The zero-order chi connectivity index (χ0) is 23.0. The standard InChI is InChI=1S/C22H23BrN4O4S/c1-22(2,3)31-21(29)27-15(19(24)28)12-30-20(27)14-11-26(13-7-5-4-6-8-13)25-18(14)16-9-10-17(23)32-16/h4-11,15,20H,12H2,1-3H3,(H2,24,28)/t15-,20?/m1/s1. The number of amides is 2. The van der Waals surface area contributed by atoms with Gasteiger partial charge in [-0.15, -0.1) is 11.3 Å². The first-order chi connectivity index (χ1) is 15.1. The van der Waals surface area contributed by atoms with E-state index in [9.17, 15) is 9.59 Å². The minimum absolute atomic E-state index is 0.0245. The molecule has 1 aromatic carbocycles. The molecule has 4 rings (SSSR count). The fraction of sp³-hybridized carbons (Fsp3) is 0.318. The summed E-state index contributed by atoms with van der Waals surface area (Å²) < 4.78 is 14.2. The van der Waals surface area contributed by atoms with E-state index in [1.54, 1.807) is 25.5 Å². The van der Waals surface area contributed by atoms with Crippen LogP contribution in [0.5, 0.6) is 0 Å². The summed E-state index contributed by atoms with van der Waals surface area (Å²) in [6.07, 6.45) is 0.259. The Kier molecular flexibility index (Phi) is 6.11. The predicted octanol–water partition coefficient (Wildman–Crippen LogP) is 4.48. The van der Waals surface area contributed by atoms with Gasteiger partial charge >= 0.3 is 6.09 Å². The minimum Gasteiger partial charge on any atom is -0.444 e. The molecular formula is C22H23BrN4O4S. The van der Waals surface area contributed by atoms with Gasteiger partial charge in [-0.25, -0.2) is 9.48 Å². The third-order valence-corrected chi connectivity index (χ3v) is 6.40. The molecule has 3 aromatic rings. The number of rotatable bonds is 4. The van der Waals surface area contributed by atoms with Crippen molar-refractivity contribution in [3.63, 3.8) is 0 Å². The van der Waals surface area contributed by atoms with Gasteiger partial charge in [-0.2, -0.15) is 5.10 Å². The number of aromatic nitrogens is 2. The number of carbonyl (C=O) groups excluding carboxylic acids is 2. The van der Waals surface area contributed by atoms with Crippen molar-refractivity contribution in [2.24, 2.45) is 5.73 Å². The van der Waals surface area contributed by atoms with E-state index in [1.165, 1.54) is 16.2 Å². The lowest BCUT2D eigenvalue weighted by Crippen LogP contribution is -2.47. The van der Waals surface area contributed by atoms with Gasteiger partial charge in [0.05, 0.1) is 21.0 Å². The molecule has 2 amide bonds. The quantitative estimate of drug-likeness (QED) is 0.548. The molecule has 1 unspecified atom stereocenters. The van der Waals surface area contributed by atoms with Crippen LogP contribution in [0.2, 0.25) is 0 Å². The van der Waals surface area contributed by atoms with Crippen LogP contribution in [0.4, 0.5) is 4.79 Å². The molecule has 1 aliphatic heterocycles. The number of nitrogens with two attached hydrogens (primary N) is 1. The third-order valence-electron chi connectivity index (χ3n) is 4.77. The SMILES string of the molecule is CC(C)(C)OC(=O)N1C(c2cn(-c3ccccc3)nc2-c2ccc(Br)s2)OC[C@@H]1C(N)=O. The maximum atomic E-state index is 13.1. The number of benzene rings is 1. The summed E-state index contributed by atoms with van der Waals surface area (Å²) in [7, 11) is 0. The van der Waals surface area contributed by atoms with Gasteiger partial charge in [-0.3, -0.25) is 9.69 Å². The molecule has 2 atom stereocenters. The number of hydrogen-bond acceptors (Lipinski definition) is 6. The van der Waals surface area contributed by atoms with Crippen LogP contribution in [-0.4, -0.2) is 44.9 Å². The minimum atomic E-state index is -0.946. The highest BCUT2D eigenvalue weighted by molar-refractivity contribution is 9.11. The predicted molar refractivity (Wildman–Crippen MR) is 124 cm³/mol. The summed E-state index contributed by atoms with van der Waals surface area (Å²) in [4.78, 5) is 27.3. The number of hydrogen-bond donors (Lipinski definition) is 1. The second kappa shape index (κ2) is 8.68. The van der Waals surface area contributed by atoms with Crippen LogP contribution in [0.25, 0.3) is 16.3 Å². The highest BCUT2D eigenvalue weighted by Crippen LogP contribution is 2.40. The molecule has 3 heterocycles. The van der Waals surface area contributed by atoms with Crippen molar-refractivity contribution in [2.45, 2.75) is 38.6 Å². The van der Waals surface area contributed by atoms with E-state index in [0.29, 0.717) is 11.3 Å². The highest BCUT2D eigenvalue weighted by Gasteiger charge is 2.45. The molecule has 0 spiro atoms. The van der Waals surface area contributed by atoms with Crippen molar-refractivity contribution in [3.8, 4) is 16.3 Å². The second-order valence-corrected chi connectivity index (χ2v) is 10.8. The maximum absolute atomic E-state index is 13.1. The topological polar surface area (TPSA) is 99.7 Å². The van der Waals surface area contributed by atoms with Crippen LogP contribution in [0.3, 0.4) is 0 Å². The molecule has 0 aliphatic carbocycles. The summed E-state index contributed by atoms with van der Waals surface area (Å²) in [5, 5.41) is 4.78. The monoisotopic (exact) mass is 518 g/mol. The molecule has 2 N–H and O–H groups in total. The lowest BCUT2D eigenvalue weighted by molar-refractivity contribution is -0.122. The summed E-state index contributed by atoms with van der Waals surface area (Å²) in [5.41, 5.74) is 6.97. The number of ether oxygens (including phenoxy) is 2. The van der Waals surface area contributed by atoms with Crippen LogP contribution in [0.15, 0.2) is 52.4 Å². The Labute approximate surface area is 198 Å². The highest BCUT2D eigenvalue weighted by atomic mass is 79.9. The number of primary amides is 1. The molecule has 32 heavy (non-hydrogen) atoms. The summed E-state index contributed by atoms with van der Waals surface area (Å²) >= 11 is 5.00.